The zero-order chi connectivity index (χ0) is 26.0. The highest BCUT2D eigenvalue weighted by molar-refractivity contribution is 5.43. The summed E-state index contributed by atoms with van der Waals surface area (Å²) in [5.41, 5.74) is 8.21. The first kappa shape index (κ1) is 27.1. The Kier molecular flexibility index (Phi) is 8.44. The Morgan fingerprint density at radius 3 is 1.86 bits per heavy atom. The van der Waals surface area contributed by atoms with Crippen LogP contribution in [0.4, 0.5) is 8.78 Å². The van der Waals surface area contributed by atoms with Crippen LogP contribution >= 0.6 is 0 Å². The van der Waals surface area contributed by atoms with E-state index in [2.05, 4.69) is 32.9 Å². The normalized spacial score (nSPS) is 25.1. The summed E-state index contributed by atoms with van der Waals surface area (Å²) in [5.74, 6) is 2.12. The van der Waals surface area contributed by atoms with Crippen molar-refractivity contribution in [2.75, 3.05) is 6.61 Å². The minimum absolute atomic E-state index is 0.282. The molecule has 0 amide bonds. The lowest BCUT2D eigenvalue weighted by Crippen LogP contribution is -2.45. The molecule has 2 aliphatic rings. The van der Waals surface area contributed by atoms with E-state index in [1.165, 1.54) is 54.4 Å². The Bertz CT molecular complexity index is 998. The maximum atomic E-state index is 15.0. The maximum Gasteiger partial charge on any atom is 0.424 e. The van der Waals surface area contributed by atoms with Crippen molar-refractivity contribution in [3.05, 3.63) is 63.2 Å². The molecule has 2 unspecified atom stereocenters. The van der Waals surface area contributed by atoms with Crippen LogP contribution in [0.1, 0.15) is 83.9 Å². The third-order valence-electron chi connectivity index (χ3n) is 8.73. The topological polar surface area (TPSA) is 18.5 Å². The molecule has 2 fully saturated rings. The molecule has 2 atom stereocenters. The number of ether oxygens (including phenoxy) is 2. The van der Waals surface area contributed by atoms with E-state index < -0.39 is 12.2 Å². The average Bonchev–Trinajstić information content (AvgIpc) is 2.81. The van der Waals surface area contributed by atoms with Crippen LogP contribution < -0.4 is 4.74 Å². The Morgan fingerprint density at radius 1 is 0.750 bits per heavy atom. The van der Waals surface area contributed by atoms with Crippen LogP contribution in [0.25, 0.3) is 0 Å². The van der Waals surface area contributed by atoms with Crippen LogP contribution in [0.3, 0.4) is 0 Å². The highest BCUT2D eigenvalue weighted by Crippen LogP contribution is 2.40. The molecule has 0 N–H and O–H groups in total. The number of hydrogen-bond acceptors (Lipinski definition) is 2. The fraction of sp³-hybridized carbons (Fsp3) is 0.625. The SMILES string of the molecule is Cc1cc(C)c(OC(F)(F)C2CCC(CC3CCC(Cc4cc(C)c(C)c(C)c4)CC3)CO2)c(C)c1. The van der Waals surface area contributed by atoms with Gasteiger partial charge in [0, 0.05) is 0 Å². The molecule has 36 heavy (non-hydrogen) atoms. The van der Waals surface area contributed by atoms with Gasteiger partial charge in [0.1, 0.15) is 5.75 Å². The van der Waals surface area contributed by atoms with Crippen LogP contribution in [0.15, 0.2) is 24.3 Å². The predicted octanol–water partition coefficient (Wildman–Crippen LogP) is 8.74. The van der Waals surface area contributed by atoms with Crippen LogP contribution in [-0.2, 0) is 11.2 Å². The van der Waals surface area contributed by atoms with Crippen molar-refractivity contribution in [3.8, 4) is 5.75 Å². The highest BCUT2D eigenvalue weighted by atomic mass is 19.3. The van der Waals surface area contributed by atoms with Gasteiger partial charge in [-0.05, 0) is 131 Å². The molecule has 0 spiro atoms. The zero-order valence-corrected chi connectivity index (χ0v) is 23.1. The molecule has 2 aromatic carbocycles. The van der Waals surface area contributed by atoms with Gasteiger partial charge in [0.05, 0.1) is 6.61 Å². The summed E-state index contributed by atoms with van der Waals surface area (Å²) >= 11 is 0. The molecule has 1 aliphatic carbocycles. The van der Waals surface area contributed by atoms with E-state index in [-0.39, 0.29) is 5.75 Å². The van der Waals surface area contributed by atoms with Crippen LogP contribution in [0.2, 0.25) is 0 Å². The summed E-state index contributed by atoms with van der Waals surface area (Å²) < 4.78 is 41.0. The van der Waals surface area contributed by atoms with Gasteiger partial charge >= 0.3 is 6.11 Å². The molecule has 0 radical (unpaired) electrons. The van der Waals surface area contributed by atoms with Gasteiger partial charge in [-0.2, -0.15) is 8.78 Å². The number of halogens is 2. The van der Waals surface area contributed by atoms with Gasteiger partial charge in [0.2, 0.25) is 0 Å². The molecule has 2 aromatic rings. The van der Waals surface area contributed by atoms with Gasteiger partial charge in [-0.1, -0.05) is 42.7 Å². The van der Waals surface area contributed by atoms with Gasteiger partial charge in [-0.3, -0.25) is 0 Å². The fourth-order valence-electron chi connectivity index (χ4n) is 6.51. The van der Waals surface area contributed by atoms with E-state index in [1.807, 2.05) is 32.9 Å². The quantitative estimate of drug-likeness (QED) is 0.380. The predicted molar refractivity (Wildman–Crippen MR) is 143 cm³/mol. The summed E-state index contributed by atoms with van der Waals surface area (Å²) in [6.45, 7) is 12.7. The van der Waals surface area contributed by atoms with E-state index in [0.717, 1.165) is 35.4 Å². The molecule has 4 heteroatoms. The molecule has 4 rings (SSSR count). The van der Waals surface area contributed by atoms with Crippen molar-refractivity contribution < 1.29 is 18.3 Å². The Balaban J connectivity index is 1.22. The molecular weight excluding hydrogens is 454 g/mol. The molecule has 2 nitrogen and oxygen atoms in total. The monoisotopic (exact) mass is 498 g/mol. The smallest absolute Gasteiger partial charge is 0.424 e. The number of benzene rings is 2. The minimum Gasteiger partial charge on any atom is -0.430 e. The van der Waals surface area contributed by atoms with Crippen LogP contribution in [-0.4, -0.2) is 18.8 Å². The second kappa shape index (κ2) is 11.2. The number of hydrogen-bond donors (Lipinski definition) is 0. The molecule has 1 saturated carbocycles. The first-order valence-corrected chi connectivity index (χ1v) is 13.8. The second-order valence-electron chi connectivity index (χ2n) is 11.8. The number of aryl methyl sites for hydroxylation is 5. The minimum atomic E-state index is -3.32. The van der Waals surface area contributed by atoms with E-state index in [0.29, 0.717) is 24.9 Å². The zero-order valence-electron chi connectivity index (χ0n) is 23.1. The first-order chi connectivity index (χ1) is 17.0. The highest BCUT2D eigenvalue weighted by Gasteiger charge is 2.46. The lowest BCUT2D eigenvalue weighted by molar-refractivity contribution is -0.265. The van der Waals surface area contributed by atoms with Gasteiger partial charge < -0.3 is 9.47 Å². The molecule has 0 aromatic heterocycles. The molecule has 1 saturated heterocycles. The molecular formula is C32H44F2O2. The van der Waals surface area contributed by atoms with Crippen molar-refractivity contribution in [1.29, 1.82) is 0 Å². The van der Waals surface area contributed by atoms with Crippen LogP contribution in [0.5, 0.6) is 5.75 Å². The van der Waals surface area contributed by atoms with Crippen molar-refractivity contribution in [2.45, 2.75) is 105 Å². The average molecular weight is 499 g/mol. The standard InChI is InChI=1S/C32H44F2O2/c1-20-13-23(4)31(24(5)14-20)36-32(33,34)30-12-11-28(19-35-30)17-26-7-9-27(10-8-26)18-29-15-21(2)25(6)22(3)16-29/h13-16,26-28,30H,7-12,17-19H2,1-6H3. The Labute approximate surface area is 216 Å². The Hall–Kier alpha value is -1.94. The largest absolute Gasteiger partial charge is 0.430 e. The van der Waals surface area contributed by atoms with Gasteiger partial charge in [-0.15, -0.1) is 0 Å². The third kappa shape index (κ3) is 6.49. The summed E-state index contributed by atoms with van der Waals surface area (Å²) in [7, 11) is 0. The third-order valence-corrected chi connectivity index (χ3v) is 8.73. The summed E-state index contributed by atoms with van der Waals surface area (Å²) in [5, 5.41) is 0. The summed E-state index contributed by atoms with van der Waals surface area (Å²) in [6.07, 6.45) is 3.97. The molecule has 198 valence electrons. The van der Waals surface area contributed by atoms with E-state index in [9.17, 15) is 8.78 Å². The lowest BCUT2D eigenvalue weighted by Gasteiger charge is -2.36. The molecule has 0 bridgehead atoms. The van der Waals surface area contributed by atoms with Crippen molar-refractivity contribution >= 4 is 0 Å². The molecule has 1 aliphatic heterocycles. The van der Waals surface area contributed by atoms with E-state index in [4.69, 9.17) is 9.47 Å². The summed E-state index contributed by atoms with van der Waals surface area (Å²) in [4.78, 5) is 0. The van der Waals surface area contributed by atoms with E-state index in [1.54, 1.807) is 0 Å². The second-order valence-corrected chi connectivity index (χ2v) is 11.8. The summed E-state index contributed by atoms with van der Waals surface area (Å²) in [6, 6.07) is 8.50. The Morgan fingerprint density at radius 2 is 1.31 bits per heavy atom. The van der Waals surface area contributed by atoms with E-state index >= 15 is 0 Å². The van der Waals surface area contributed by atoms with Crippen molar-refractivity contribution in [1.82, 2.24) is 0 Å². The number of rotatable bonds is 7. The lowest BCUT2D eigenvalue weighted by atomic mass is 9.75. The fourth-order valence-corrected chi connectivity index (χ4v) is 6.51. The maximum absolute atomic E-state index is 15.0. The van der Waals surface area contributed by atoms with Crippen LogP contribution in [0, 0.1) is 59.3 Å². The van der Waals surface area contributed by atoms with Gasteiger partial charge in [0.25, 0.3) is 0 Å². The van der Waals surface area contributed by atoms with Crippen molar-refractivity contribution in [2.24, 2.45) is 17.8 Å². The first-order valence-electron chi connectivity index (χ1n) is 13.8. The van der Waals surface area contributed by atoms with Gasteiger partial charge in [-0.25, -0.2) is 0 Å². The number of alkyl halides is 2. The van der Waals surface area contributed by atoms with Crippen molar-refractivity contribution in [3.63, 3.8) is 0 Å². The van der Waals surface area contributed by atoms with Gasteiger partial charge in [0.15, 0.2) is 6.10 Å². The molecule has 1 heterocycles.